The Labute approximate surface area is 202 Å². The standard InChI is InChI=1S/C23H34N4O3.HI/c1-3-24-23(27-13-6-10-20(17-27)22(29)30-4-2)25-15-18-8-5-9-19(14-18)16-26-12-7-11-21(26)28;/h5,8-9,14,20H,3-4,6-7,10-13,15-17H2,1-2H3,(H,24,25);1H. The number of halogens is 1. The quantitative estimate of drug-likeness (QED) is 0.248. The molecule has 0 aliphatic carbocycles. The fourth-order valence-electron chi connectivity index (χ4n) is 4.13. The summed E-state index contributed by atoms with van der Waals surface area (Å²) in [5, 5.41) is 3.36. The number of nitrogens with zero attached hydrogens (tertiary/aromatic N) is 3. The van der Waals surface area contributed by atoms with Crippen LogP contribution in [0, 0.1) is 5.92 Å². The van der Waals surface area contributed by atoms with Crippen LogP contribution in [0.25, 0.3) is 0 Å². The number of nitrogens with one attached hydrogen (secondary N) is 1. The lowest BCUT2D eigenvalue weighted by Crippen LogP contribution is -2.48. The van der Waals surface area contributed by atoms with E-state index in [1.54, 1.807) is 0 Å². The fourth-order valence-corrected chi connectivity index (χ4v) is 4.13. The Bertz CT molecular complexity index is 771. The minimum absolute atomic E-state index is 0. The maximum Gasteiger partial charge on any atom is 0.310 e. The van der Waals surface area contributed by atoms with Gasteiger partial charge in [0.25, 0.3) is 0 Å². The van der Waals surface area contributed by atoms with Crippen molar-refractivity contribution in [2.45, 2.75) is 52.6 Å². The van der Waals surface area contributed by atoms with Crippen molar-refractivity contribution in [1.29, 1.82) is 0 Å². The van der Waals surface area contributed by atoms with E-state index in [9.17, 15) is 9.59 Å². The number of hydrogen-bond acceptors (Lipinski definition) is 4. The Morgan fingerprint density at radius 2 is 2.03 bits per heavy atom. The van der Waals surface area contributed by atoms with E-state index in [1.165, 1.54) is 0 Å². The summed E-state index contributed by atoms with van der Waals surface area (Å²) in [4.78, 5) is 33.0. The van der Waals surface area contributed by atoms with Gasteiger partial charge in [0.2, 0.25) is 5.91 Å². The predicted octanol–water partition coefficient (Wildman–Crippen LogP) is 3.17. The molecule has 0 radical (unpaired) electrons. The van der Waals surface area contributed by atoms with E-state index in [2.05, 4.69) is 35.3 Å². The highest BCUT2D eigenvalue weighted by molar-refractivity contribution is 14.0. The van der Waals surface area contributed by atoms with Crippen molar-refractivity contribution < 1.29 is 14.3 Å². The lowest BCUT2D eigenvalue weighted by atomic mass is 9.98. The Kier molecular flexibility index (Phi) is 10.6. The number of carbonyl (C=O) groups excluding carboxylic acids is 2. The number of amides is 1. The second kappa shape index (κ2) is 12.9. The summed E-state index contributed by atoms with van der Waals surface area (Å²) in [7, 11) is 0. The van der Waals surface area contributed by atoms with Crippen LogP contribution in [0.1, 0.15) is 50.7 Å². The minimum Gasteiger partial charge on any atom is -0.466 e. The van der Waals surface area contributed by atoms with Crippen LogP contribution in [-0.4, -0.2) is 60.4 Å². The molecule has 0 saturated carbocycles. The van der Waals surface area contributed by atoms with E-state index in [0.717, 1.165) is 56.0 Å². The van der Waals surface area contributed by atoms with Crippen molar-refractivity contribution in [3.63, 3.8) is 0 Å². The molecule has 1 amide bonds. The molecule has 2 saturated heterocycles. The molecule has 1 N–H and O–H groups in total. The van der Waals surface area contributed by atoms with E-state index >= 15 is 0 Å². The molecular formula is C23H35IN4O3. The maximum atomic E-state index is 12.2. The molecule has 0 aromatic heterocycles. The molecule has 0 spiro atoms. The first-order valence-corrected chi connectivity index (χ1v) is 11.2. The molecule has 1 aromatic rings. The number of likely N-dealkylation sites (tertiary alicyclic amines) is 2. The molecule has 172 valence electrons. The molecule has 7 nitrogen and oxygen atoms in total. The summed E-state index contributed by atoms with van der Waals surface area (Å²) in [6.45, 7) is 8.70. The van der Waals surface area contributed by atoms with Gasteiger partial charge in [0.15, 0.2) is 5.96 Å². The van der Waals surface area contributed by atoms with Crippen LogP contribution in [0.4, 0.5) is 0 Å². The van der Waals surface area contributed by atoms with Gasteiger partial charge in [-0.05, 0) is 44.2 Å². The molecule has 2 aliphatic heterocycles. The largest absolute Gasteiger partial charge is 0.466 e. The highest BCUT2D eigenvalue weighted by atomic mass is 127. The van der Waals surface area contributed by atoms with Gasteiger partial charge in [-0.3, -0.25) is 9.59 Å². The second-order valence-electron chi connectivity index (χ2n) is 7.95. The number of benzene rings is 1. The van der Waals surface area contributed by atoms with Gasteiger partial charge >= 0.3 is 5.97 Å². The first-order chi connectivity index (χ1) is 14.6. The summed E-state index contributed by atoms with van der Waals surface area (Å²) >= 11 is 0. The molecule has 2 fully saturated rings. The number of rotatable bonds is 7. The molecule has 1 unspecified atom stereocenters. The van der Waals surface area contributed by atoms with Crippen LogP contribution in [0.3, 0.4) is 0 Å². The van der Waals surface area contributed by atoms with Crippen LogP contribution in [0.15, 0.2) is 29.3 Å². The number of esters is 1. The number of carbonyl (C=O) groups is 2. The SMILES string of the molecule is CCNC(=NCc1cccc(CN2CCCC2=O)c1)N1CCCC(C(=O)OCC)C1.I. The van der Waals surface area contributed by atoms with Gasteiger partial charge in [0.1, 0.15) is 0 Å². The van der Waals surface area contributed by atoms with Crippen molar-refractivity contribution >= 4 is 41.8 Å². The van der Waals surface area contributed by atoms with Gasteiger partial charge in [0, 0.05) is 39.1 Å². The van der Waals surface area contributed by atoms with E-state index in [0.29, 0.717) is 32.7 Å². The van der Waals surface area contributed by atoms with Gasteiger partial charge in [-0.15, -0.1) is 24.0 Å². The van der Waals surface area contributed by atoms with Gasteiger partial charge < -0.3 is 19.9 Å². The van der Waals surface area contributed by atoms with Gasteiger partial charge in [-0.25, -0.2) is 4.99 Å². The number of piperidine rings is 1. The molecule has 2 heterocycles. The third-order valence-corrected chi connectivity index (χ3v) is 5.62. The van der Waals surface area contributed by atoms with Crippen LogP contribution in [-0.2, 0) is 27.4 Å². The molecule has 8 heteroatoms. The molecular weight excluding hydrogens is 507 g/mol. The highest BCUT2D eigenvalue weighted by Gasteiger charge is 2.28. The zero-order chi connectivity index (χ0) is 21.3. The van der Waals surface area contributed by atoms with Gasteiger partial charge in [-0.1, -0.05) is 24.3 Å². The Hall–Kier alpha value is -1.84. The Morgan fingerprint density at radius 1 is 1.23 bits per heavy atom. The summed E-state index contributed by atoms with van der Waals surface area (Å²) in [5.74, 6) is 0.881. The smallest absolute Gasteiger partial charge is 0.310 e. The number of aliphatic imine (C=N–C) groups is 1. The van der Waals surface area contributed by atoms with Crippen molar-refractivity contribution in [2.75, 3.05) is 32.8 Å². The second-order valence-corrected chi connectivity index (χ2v) is 7.95. The third kappa shape index (κ3) is 7.36. The van der Waals surface area contributed by atoms with Gasteiger partial charge in [0.05, 0.1) is 19.1 Å². The molecule has 0 bridgehead atoms. The molecule has 1 atom stereocenters. The summed E-state index contributed by atoms with van der Waals surface area (Å²) in [6, 6.07) is 8.31. The zero-order valence-electron chi connectivity index (χ0n) is 18.6. The Balaban J connectivity index is 0.00000341. The minimum atomic E-state index is -0.109. The average molecular weight is 542 g/mol. The van der Waals surface area contributed by atoms with E-state index in [1.807, 2.05) is 17.9 Å². The van der Waals surface area contributed by atoms with Crippen LogP contribution >= 0.6 is 24.0 Å². The number of guanidine groups is 1. The monoisotopic (exact) mass is 542 g/mol. The van der Waals surface area contributed by atoms with Crippen LogP contribution < -0.4 is 5.32 Å². The normalized spacial score (nSPS) is 19.2. The first-order valence-electron chi connectivity index (χ1n) is 11.2. The molecule has 3 rings (SSSR count). The first kappa shape index (κ1) is 25.4. The summed E-state index contributed by atoms with van der Waals surface area (Å²) in [5.41, 5.74) is 2.26. The average Bonchev–Trinajstić information content (AvgIpc) is 3.16. The molecule has 1 aromatic carbocycles. The third-order valence-electron chi connectivity index (χ3n) is 5.62. The molecule has 31 heavy (non-hydrogen) atoms. The van der Waals surface area contributed by atoms with E-state index in [4.69, 9.17) is 9.73 Å². The lowest BCUT2D eigenvalue weighted by Gasteiger charge is -2.34. The highest BCUT2D eigenvalue weighted by Crippen LogP contribution is 2.19. The van der Waals surface area contributed by atoms with E-state index < -0.39 is 0 Å². The van der Waals surface area contributed by atoms with Crippen LogP contribution in [0.5, 0.6) is 0 Å². The van der Waals surface area contributed by atoms with Gasteiger partial charge in [-0.2, -0.15) is 0 Å². The van der Waals surface area contributed by atoms with Crippen LogP contribution in [0.2, 0.25) is 0 Å². The summed E-state index contributed by atoms with van der Waals surface area (Å²) in [6.07, 6.45) is 3.44. The molecule has 2 aliphatic rings. The number of ether oxygens (including phenoxy) is 1. The van der Waals surface area contributed by atoms with Crippen molar-refractivity contribution in [2.24, 2.45) is 10.9 Å². The zero-order valence-corrected chi connectivity index (χ0v) is 21.0. The predicted molar refractivity (Wildman–Crippen MR) is 132 cm³/mol. The Morgan fingerprint density at radius 3 is 2.74 bits per heavy atom. The van der Waals surface area contributed by atoms with E-state index in [-0.39, 0.29) is 41.8 Å². The topological polar surface area (TPSA) is 74.2 Å². The maximum absolute atomic E-state index is 12.2. The number of hydrogen-bond donors (Lipinski definition) is 1. The summed E-state index contributed by atoms with van der Waals surface area (Å²) < 4.78 is 5.22. The lowest BCUT2D eigenvalue weighted by molar-refractivity contribution is -0.149. The van der Waals surface area contributed by atoms with Crippen molar-refractivity contribution in [3.05, 3.63) is 35.4 Å². The van der Waals surface area contributed by atoms with Crippen molar-refractivity contribution in [1.82, 2.24) is 15.1 Å². The van der Waals surface area contributed by atoms with Crippen molar-refractivity contribution in [3.8, 4) is 0 Å². The fraction of sp³-hybridized carbons (Fsp3) is 0.609.